The summed E-state index contributed by atoms with van der Waals surface area (Å²) >= 11 is 1.79. The van der Waals surface area contributed by atoms with Gasteiger partial charge < -0.3 is 9.64 Å². The van der Waals surface area contributed by atoms with Crippen molar-refractivity contribution < 1.29 is 9.53 Å². The molecule has 0 bridgehead atoms. The quantitative estimate of drug-likeness (QED) is 0.638. The van der Waals surface area contributed by atoms with Crippen LogP contribution in [0.2, 0.25) is 0 Å². The third-order valence-electron chi connectivity index (χ3n) is 2.10. The van der Waals surface area contributed by atoms with Crippen LogP contribution in [0, 0.1) is 0 Å². The Morgan fingerprint density at radius 2 is 2.15 bits per heavy atom. The molecule has 1 heterocycles. The van der Waals surface area contributed by atoms with Crippen molar-refractivity contribution in [2.45, 2.75) is 12.8 Å². The Bertz CT molecular complexity index is 158. The summed E-state index contributed by atoms with van der Waals surface area (Å²) in [5.74, 6) is 1.37. The first-order chi connectivity index (χ1) is 6.34. The molecule has 0 radical (unpaired) electrons. The van der Waals surface area contributed by atoms with E-state index < -0.39 is 0 Å². The summed E-state index contributed by atoms with van der Waals surface area (Å²) in [7, 11) is 0. The Kier molecular flexibility index (Phi) is 5.23. The van der Waals surface area contributed by atoms with Crippen molar-refractivity contribution in [3.63, 3.8) is 0 Å². The SMILES string of the molecule is CSCCCC(=O)N1CCOCC1. The van der Waals surface area contributed by atoms with Crippen LogP contribution >= 0.6 is 11.8 Å². The lowest BCUT2D eigenvalue weighted by molar-refractivity contribution is -0.135. The summed E-state index contributed by atoms with van der Waals surface area (Å²) in [5, 5.41) is 0. The Labute approximate surface area is 83.8 Å². The zero-order valence-corrected chi connectivity index (χ0v) is 8.94. The summed E-state index contributed by atoms with van der Waals surface area (Å²) in [6, 6.07) is 0. The van der Waals surface area contributed by atoms with Crippen LogP contribution in [0.25, 0.3) is 0 Å². The van der Waals surface area contributed by atoms with Gasteiger partial charge in [0.2, 0.25) is 5.91 Å². The van der Waals surface area contributed by atoms with E-state index in [2.05, 4.69) is 6.26 Å². The van der Waals surface area contributed by atoms with Crippen molar-refractivity contribution >= 4 is 17.7 Å². The van der Waals surface area contributed by atoms with Gasteiger partial charge in [0.1, 0.15) is 0 Å². The van der Waals surface area contributed by atoms with E-state index in [9.17, 15) is 4.79 Å². The maximum Gasteiger partial charge on any atom is 0.222 e. The van der Waals surface area contributed by atoms with Crippen LogP contribution in [-0.4, -0.2) is 49.1 Å². The fourth-order valence-electron chi connectivity index (χ4n) is 1.34. The van der Waals surface area contributed by atoms with E-state index >= 15 is 0 Å². The van der Waals surface area contributed by atoms with Gasteiger partial charge in [0.25, 0.3) is 0 Å². The van der Waals surface area contributed by atoms with Gasteiger partial charge >= 0.3 is 0 Å². The fraction of sp³-hybridized carbons (Fsp3) is 0.889. The van der Waals surface area contributed by atoms with Crippen molar-refractivity contribution in [3.05, 3.63) is 0 Å². The van der Waals surface area contributed by atoms with E-state index in [0.29, 0.717) is 19.6 Å². The largest absolute Gasteiger partial charge is 0.378 e. The zero-order chi connectivity index (χ0) is 9.52. The van der Waals surface area contributed by atoms with E-state index in [0.717, 1.165) is 25.3 Å². The van der Waals surface area contributed by atoms with Gasteiger partial charge in [-0.25, -0.2) is 0 Å². The molecular formula is C9H17NO2S. The van der Waals surface area contributed by atoms with Crippen LogP contribution < -0.4 is 0 Å². The Morgan fingerprint density at radius 3 is 2.77 bits per heavy atom. The summed E-state index contributed by atoms with van der Waals surface area (Å²) in [5.41, 5.74) is 0. The van der Waals surface area contributed by atoms with Crippen molar-refractivity contribution in [1.29, 1.82) is 0 Å². The van der Waals surface area contributed by atoms with Crippen LogP contribution in [0.4, 0.5) is 0 Å². The predicted octanol–water partition coefficient (Wildman–Crippen LogP) is 0.988. The molecular weight excluding hydrogens is 186 g/mol. The third kappa shape index (κ3) is 4.00. The first-order valence-corrected chi connectivity index (χ1v) is 6.08. The molecule has 1 amide bonds. The first kappa shape index (κ1) is 10.9. The number of rotatable bonds is 4. The molecule has 1 saturated heterocycles. The average Bonchev–Trinajstić information content (AvgIpc) is 2.19. The number of hydrogen-bond acceptors (Lipinski definition) is 3. The van der Waals surface area contributed by atoms with Gasteiger partial charge in [0.05, 0.1) is 13.2 Å². The van der Waals surface area contributed by atoms with Gasteiger partial charge in [-0.2, -0.15) is 11.8 Å². The highest BCUT2D eigenvalue weighted by molar-refractivity contribution is 7.98. The molecule has 0 atom stereocenters. The van der Waals surface area contributed by atoms with Gasteiger partial charge in [-0.1, -0.05) is 0 Å². The normalized spacial score (nSPS) is 17.5. The van der Waals surface area contributed by atoms with Crippen molar-refractivity contribution in [1.82, 2.24) is 4.90 Å². The molecule has 13 heavy (non-hydrogen) atoms. The monoisotopic (exact) mass is 203 g/mol. The molecule has 1 fully saturated rings. The highest BCUT2D eigenvalue weighted by atomic mass is 32.2. The molecule has 1 aliphatic rings. The van der Waals surface area contributed by atoms with Crippen LogP contribution in [-0.2, 0) is 9.53 Å². The summed E-state index contributed by atoms with van der Waals surface area (Å²) < 4.78 is 5.18. The molecule has 0 N–H and O–H groups in total. The van der Waals surface area contributed by atoms with Crippen LogP contribution in [0.1, 0.15) is 12.8 Å². The summed E-state index contributed by atoms with van der Waals surface area (Å²) in [4.78, 5) is 13.4. The van der Waals surface area contributed by atoms with Crippen molar-refractivity contribution in [2.24, 2.45) is 0 Å². The Hall–Kier alpha value is -0.220. The first-order valence-electron chi connectivity index (χ1n) is 4.69. The van der Waals surface area contributed by atoms with E-state index in [1.54, 1.807) is 11.8 Å². The van der Waals surface area contributed by atoms with Gasteiger partial charge in [-0.15, -0.1) is 0 Å². The van der Waals surface area contributed by atoms with Crippen LogP contribution in [0.5, 0.6) is 0 Å². The second-order valence-corrected chi connectivity index (χ2v) is 4.08. The lowest BCUT2D eigenvalue weighted by atomic mass is 10.3. The minimum atomic E-state index is 0.289. The van der Waals surface area contributed by atoms with Crippen molar-refractivity contribution in [3.8, 4) is 0 Å². The molecule has 0 aliphatic carbocycles. The second kappa shape index (κ2) is 6.27. The van der Waals surface area contributed by atoms with E-state index in [4.69, 9.17) is 4.74 Å². The molecule has 0 aromatic heterocycles. The lowest BCUT2D eigenvalue weighted by Crippen LogP contribution is -2.40. The maximum absolute atomic E-state index is 11.5. The fourth-order valence-corrected chi connectivity index (χ4v) is 1.77. The zero-order valence-electron chi connectivity index (χ0n) is 8.12. The number of carbonyl (C=O) groups excluding carboxylic acids is 1. The predicted molar refractivity (Wildman–Crippen MR) is 55.0 cm³/mol. The third-order valence-corrected chi connectivity index (χ3v) is 2.80. The number of carbonyl (C=O) groups is 1. The van der Waals surface area contributed by atoms with E-state index in [1.165, 1.54) is 0 Å². The molecule has 0 aromatic rings. The average molecular weight is 203 g/mol. The van der Waals surface area contributed by atoms with Gasteiger partial charge in [-0.3, -0.25) is 4.79 Å². The number of amides is 1. The number of thioether (sulfide) groups is 1. The topological polar surface area (TPSA) is 29.5 Å². The summed E-state index contributed by atoms with van der Waals surface area (Å²) in [6.45, 7) is 2.96. The molecule has 0 spiro atoms. The minimum Gasteiger partial charge on any atom is -0.378 e. The standard InChI is InChI=1S/C9H17NO2S/c1-13-8-2-3-9(11)10-4-6-12-7-5-10/h2-8H2,1H3. The highest BCUT2D eigenvalue weighted by Gasteiger charge is 2.15. The number of hydrogen-bond donors (Lipinski definition) is 0. The smallest absolute Gasteiger partial charge is 0.222 e. The van der Waals surface area contributed by atoms with E-state index in [-0.39, 0.29) is 5.91 Å². The van der Waals surface area contributed by atoms with Gasteiger partial charge in [0, 0.05) is 19.5 Å². The second-order valence-electron chi connectivity index (χ2n) is 3.09. The number of morpholine rings is 1. The number of nitrogens with zero attached hydrogens (tertiary/aromatic N) is 1. The van der Waals surface area contributed by atoms with Crippen LogP contribution in [0.3, 0.4) is 0 Å². The summed E-state index contributed by atoms with van der Waals surface area (Å²) in [6.07, 6.45) is 3.76. The molecule has 3 nitrogen and oxygen atoms in total. The molecule has 0 saturated carbocycles. The van der Waals surface area contributed by atoms with Crippen molar-refractivity contribution in [2.75, 3.05) is 38.3 Å². The minimum absolute atomic E-state index is 0.289. The molecule has 1 aliphatic heterocycles. The highest BCUT2D eigenvalue weighted by Crippen LogP contribution is 2.04. The lowest BCUT2D eigenvalue weighted by Gasteiger charge is -2.26. The molecule has 0 aromatic carbocycles. The Morgan fingerprint density at radius 1 is 1.46 bits per heavy atom. The molecule has 1 rings (SSSR count). The van der Waals surface area contributed by atoms with E-state index in [1.807, 2.05) is 4.90 Å². The van der Waals surface area contributed by atoms with Gasteiger partial charge in [-0.05, 0) is 18.4 Å². The molecule has 4 heteroatoms. The maximum atomic E-state index is 11.5. The Balaban J connectivity index is 2.13. The van der Waals surface area contributed by atoms with Gasteiger partial charge in [0.15, 0.2) is 0 Å². The molecule has 0 unspecified atom stereocenters. The number of ether oxygens (including phenoxy) is 1. The van der Waals surface area contributed by atoms with Crippen LogP contribution in [0.15, 0.2) is 0 Å². The molecule has 76 valence electrons.